The number of benzene rings is 1. The summed E-state index contributed by atoms with van der Waals surface area (Å²) in [5.41, 5.74) is 5.35. The van der Waals surface area contributed by atoms with Crippen LogP contribution < -0.4 is 16.2 Å². The zero-order chi connectivity index (χ0) is 26.1. The van der Waals surface area contributed by atoms with Crippen LogP contribution in [0.5, 0.6) is 5.75 Å². The Bertz CT molecular complexity index is 1150. The van der Waals surface area contributed by atoms with Crippen LogP contribution in [-0.2, 0) is 16.1 Å². The van der Waals surface area contributed by atoms with Crippen molar-refractivity contribution in [3.8, 4) is 5.75 Å². The highest BCUT2D eigenvalue weighted by Crippen LogP contribution is 2.43. The van der Waals surface area contributed by atoms with Crippen LogP contribution in [0.3, 0.4) is 0 Å². The Balaban J connectivity index is 1.96. The van der Waals surface area contributed by atoms with Crippen LogP contribution in [0.25, 0.3) is 0 Å². The first kappa shape index (κ1) is 27.3. The Morgan fingerprint density at radius 2 is 2.11 bits per heavy atom. The first-order valence-electron chi connectivity index (χ1n) is 10.8. The zero-order valence-electron chi connectivity index (χ0n) is 19.8. The highest BCUT2D eigenvalue weighted by atomic mass is 127. The largest absolute Gasteiger partial charge is 0.496 e. The summed E-state index contributed by atoms with van der Waals surface area (Å²) in [6.07, 6.45) is -1.79. The predicted molar refractivity (Wildman–Crippen MR) is 134 cm³/mol. The second-order valence-corrected chi connectivity index (χ2v) is 10.5. The second-order valence-electron chi connectivity index (χ2n) is 9.32. The molecule has 0 aliphatic carbocycles. The number of aliphatic hydroxyl groups is 2. The lowest BCUT2D eigenvalue weighted by atomic mass is 9.83. The van der Waals surface area contributed by atoms with Gasteiger partial charge in [0.1, 0.15) is 23.9 Å². The minimum Gasteiger partial charge on any atom is -0.496 e. The Hall–Kier alpha value is -2.33. The number of nitro groups is 1. The Labute approximate surface area is 215 Å². The fourth-order valence-corrected chi connectivity index (χ4v) is 4.62. The van der Waals surface area contributed by atoms with Gasteiger partial charge in [0.15, 0.2) is 0 Å². The van der Waals surface area contributed by atoms with Crippen molar-refractivity contribution in [2.24, 2.45) is 5.41 Å². The van der Waals surface area contributed by atoms with E-state index in [2.05, 4.69) is 4.98 Å². The molecule has 0 saturated carbocycles. The molecule has 3 rings (SSSR count). The molecule has 192 valence electrons. The fourth-order valence-electron chi connectivity index (χ4n) is 3.95. The van der Waals surface area contributed by atoms with Crippen molar-refractivity contribution >= 4 is 34.1 Å². The molecule has 1 aromatic carbocycles. The van der Waals surface area contributed by atoms with E-state index in [1.54, 1.807) is 6.07 Å². The summed E-state index contributed by atoms with van der Waals surface area (Å²) in [7, 11) is 1.49. The number of methoxy groups -OCH3 is 1. The van der Waals surface area contributed by atoms with E-state index in [-0.39, 0.29) is 24.5 Å². The van der Waals surface area contributed by atoms with E-state index in [4.69, 9.17) is 19.9 Å². The van der Waals surface area contributed by atoms with E-state index in [1.165, 1.54) is 23.9 Å². The molecular weight excluding hydrogens is 575 g/mol. The minimum atomic E-state index is -0.934. The number of anilines is 1. The third-order valence-electron chi connectivity index (χ3n) is 5.73. The molecule has 2 aromatic rings. The number of nitrogens with zero attached hydrogens (tertiary/aromatic N) is 3. The highest BCUT2D eigenvalue weighted by molar-refractivity contribution is 14.1. The molecule has 1 fully saturated rings. The zero-order valence-corrected chi connectivity index (χ0v) is 22.0. The summed E-state index contributed by atoms with van der Waals surface area (Å²) in [5.74, 6) is 0.431. The van der Waals surface area contributed by atoms with Gasteiger partial charge >= 0.3 is 5.69 Å². The van der Waals surface area contributed by atoms with Crippen LogP contribution in [0.1, 0.15) is 50.7 Å². The highest BCUT2D eigenvalue weighted by Gasteiger charge is 2.36. The lowest BCUT2D eigenvalue weighted by Gasteiger charge is -2.31. The molecule has 12 nitrogen and oxygen atoms in total. The number of aliphatic hydroxyl groups excluding tert-OH is 2. The van der Waals surface area contributed by atoms with Gasteiger partial charge in [0.2, 0.25) is 0 Å². The molecule has 0 unspecified atom stereocenters. The van der Waals surface area contributed by atoms with Crippen molar-refractivity contribution in [2.45, 2.75) is 58.3 Å². The molecule has 4 atom stereocenters. The molecule has 4 N–H and O–H groups in total. The molecule has 0 radical (unpaired) electrons. The van der Waals surface area contributed by atoms with Gasteiger partial charge < -0.3 is 30.2 Å². The third kappa shape index (κ3) is 5.91. The average molecular weight is 604 g/mol. The Kier molecular flexibility index (Phi) is 8.36. The van der Waals surface area contributed by atoms with Gasteiger partial charge in [-0.3, -0.25) is 14.7 Å². The Morgan fingerprint density at radius 3 is 2.66 bits per heavy atom. The predicted octanol–water partition coefficient (Wildman–Crippen LogP) is 2.29. The fraction of sp³-hybridized carbons (Fsp3) is 0.545. The third-order valence-corrected chi connectivity index (χ3v) is 6.57. The molecule has 0 spiro atoms. The first-order chi connectivity index (χ1) is 16.4. The quantitative estimate of drug-likeness (QED) is 0.231. The van der Waals surface area contributed by atoms with Gasteiger partial charge in [-0.1, -0.05) is 20.8 Å². The summed E-state index contributed by atoms with van der Waals surface area (Å²) in [6, 6.07) is 3.04. The number of hydrogen-bond acceptors (Lipinski definition) is 10. The lowest BCUT2D eigenvalue weighted by Crippen LogP contribution is -2.29. The number of aromatic nitrogens is 2. The molecule has 1 aliphatic rings. The number of halogens is 1. The van der Waals surface area contributed by atoms with E-state index in [9.17, 15) is 25.1 Å². The summed E-state index contributed by atoms with van der Waals surface area (Å²) in [4.78, 5) is 27.6. The smallest absolute Gasteiger partial charge is 0.351 e. The second kappa shape index (κ2) is 10.7. The number of hydrogen-bond donors (Lipinski definition) is 3. The van der Waals surface area contributed by atoms with Crippen molar-refractivity contribution in [3.63, 3.8) is 0 Å². The van der Waals surface area contributed by atoms with Crippen LogP contribution in [0.2, 0.25) is 0 Å². The minimum absolute atomic E-state index is 0.0501. The summed E-state index contributed by atoms with van der Waals surface area (Å²) in [6.45, 7) is 5.16. The number of nitro benzene ring substituents is 1. The first-order valence-corrected chi connectivity index (χ1v) is 11.9. The van der Waals surface area contributed by atoms with Gasteiger partial charge in [0.25, 0.3) is 5.69 Å². The Morgan fingerprint density at radius 1 is 1.43 bits per heavy atom. The van der Waals surface area contributed by atoms with Crippen molar-refractivity contribution in [1.29, 1.82) is 0 Å². The van der Waals surface area contributed by atoms with E-state index in [1.807, 2.05) is 43.4 Å². The van der Waals surface area contributed by atoms with Gasteiger partial charge in [0.05, 0.1) is 46.6 Å². The van der Waals surface area contributed by atoms with Crippen LogP contribution >= 0.6 is 22.6 Å². The van der Waals surface area contributed by atoms with Gasteiger partial charge in [-0.05, 0) is 34.1 Å². The summed E-state index contributed by atoms with van der Waals surface area (Å²) < 4.78 is 18.9. The van der Waals surface area contributed by atoms with Gasteiger partial charge in [-0.15, -0.1) is 0 Å². The normalized spacial score (nSPS) is 21.2. The van der Waals surface area contributed by atoms with Crippen LogP contribution in [0.15, 0.2) is 23.1 Å². The molecule has 2 heterocycles. The van der Waals surface area contributed by atoms with E-state index >= 15 is 0 Å². The maximum atomic E-state index is 12.4. The van der Waals surface area contributed by atoms with Crippen LogP contribution in [0, 0.1) is 19.1 Å². The van der Waals surface area contributed by atoms with E-state index in [0.717, 1.165) is 0 Å². The monoisotopic (exact) mass is 604 g/mol. The molecule has 1 saturated heterocycles. The van der Waals surface area contributed by atoms with E-state index < -0.39 is 47.2 Å². The maximum Gasteiger partial charge on any atom is 0.351 e. The average Bonchev–Trinajstić information content (AvgIpc) is 3.14. The SMILES string of the molecule is COc1cc([C@@H](OCc2cn([C@H]3C[C@@H](O)[C@@H](CO)O3)c(=O)nc2N)C(C)(C)C)c([N+](=O)[O-])cc1I. The summed E-state index contributed by atoms with van der Waals surface area (Å²) in [5, 5.41) is 31.2. The number of rotatable bonds is 8. The van der Waals surface area contributed by atoms with Gasteiger partial charge in [0, 0.05) is 24.2 Å². The molecule has 0 amide bonds. The van der Waals surface area contributed by atoms with Gasteiger partial charge in [-0.25, -0.2) is 4.79 Å². The van der Waals surface area contributed by atoms with Crippen LogP contribution in [-0.4, -0.2) is 50.6 Å². The van der Waals surface area contributed by atoms with Crippen LogP contribution in [0.4, 0.5) is 11.5 Å². The summed E-state index contributed by atoms with van der Waals surface area (Å²) >= 11 is 1.97. The molecule has 0 bridgehead atoms. The van der Waals surface area contributed by atoms with Crippen molar-refractivity contribution in [3.05, 3.63) is 53.6 Å². The molecular formula is C22H29IN4O8. The molecule has 1 aliphatic heterocycles. The van der Waals surface area contributed by atoms with Crippen molar-refractivity contribution in [1.82, 2.24) is 9.55 Å². The van der Waals surface area contributed by atoms with E-state index in [0.29, 0.717) is 20.4 Å². The molecule has 35 heavy (non-hydrogen) atoms. The van der Waals surface area contributed by atoms with Gasteiger partial charge in [-0.2, -0.15) is 4.98 Å². The number of nitrogen functional groups attached to an aromatic ring is 1. The number of nitrogens with two attached hydrogens (primary N) is 1. The lowest BCUT2D eigenvalue weighted by molar-refractivity contribution is -0.386. The maximum absolute atomic E-state index is 12.4. The standard InChI is InChI=1S/C22H29IN4O8/c1-22(2,3)19(12-5-16(33-4)13(23)6-14(12)27(31)32)34-10-11-8-26(21(30)25-20(11)24)18-7-15(29)17(9-28)35-18/h5-6,8,15,17-19,28-29H,7,9-10H2,1-4H3,(H2,24,25,30)/t15-,17-,18-,19-/m1/s1. The topological polar surface area (TPSA) is 172 Å². The van der Waals surface area contributed by atoms with Crippen molar-refractivity contribution < 1.29 is 29.3 Å². The molecule has 1 aromatic heterocycles. The molecule has 13 heteroatoms. The number of ether oxygens (including phenoxy) is 3. The van der Waals surface area contributed by atoms with Crippen molar-refractivity contribution in [2.75, 3.05) is 19.5 Å².